The fraction of sp³-hybridized carbons (Fsp3) is 0.259. The van der Waals surface area contributed by atoms with Crippen LogP contribution in [0.15, 0.2) is 66.0 Å². The molecule has 0 spiro atoms. The van der Waals surface area contributed by atoms with Crippen LogP contribution in [0.2, 0.25) is 0 Å². The maximum atomic E-state index is 13.8. The van der Waals surface area contributed by atoms with Crippen LogP contribution in [0, 0.1) is 5.82 Å². The Bertz CT molecular complexity index is 1370. The molecule has 0 fully saturated rings. The van der Waals surface area contributed by atoms with Gasteiger partial charge in [0.25, 0.3) is 5.91 Å². The van der Waals surface area contributed by atoms with Crippen LogP contribution in [0.3, 0.4) is 0 Å². The minimum Gasteiger partial charge on any atom is -0.350 e. The Morgan fingerprint density at radius 1 is 1.12 bits per heavy atom. The Kier molecular flexibility index (Phi) is 5.52. The number of hydrogen-bond acceptors (Lipinski definition) is 3. The van der Waals surface area contributed by atoms with Crippen LogP contribution in [0.5, 0.6) is 0 Å². The first kappa shape index (κ1) is 22.3. The molecule has 0 radical (unpaired) electrons. The summed E-state index contributed by atoms with van der Waals surface area (Å²) < 4.78 is 15.2. The molecule has 2 aromatic heterocycles. The number of thiophene rings is 1. The van der Waals surface area contributed by atoms with Gasteiger partial charge in [-0.2, -0.15) is 0 Å². The van der Waals surface area contributed by atoms with E-state index in [1.54, 1.807) is 28.4 Å². The third-order valence-electron chi connectivity index (χ3n) is 6.56. The molecule has 7 heteroatoms. The first-order valence-electron chi connectivity index (χ1n) is 11.3. The van der Waals surface area contributed by atoms with E-state index in [9.17, 15) is 14.0 Å². The van der Waals surface area contributed by atoms with Gasteiger partial charge in [0.2, 0.25) is 5.91 Å². The van der Waals surface area contributed by atoms with Crippen LogP contribution < -0.4 is 10.2 Å². The lowest BCUT2D eigenvalue weighted by molar-refractivity contribution is -0.126. The summed E-state index contributed by atoms with van der Waals surface area (Å²) in [5.41, 5.74) is 2.07. The fourth-order valence-electron chi connectivity index (χ4n) is 4.59. The largest absolute Gasteiger partial charge is 0.350 e. The lowest BCUT2D eigenvalue weighted by Crippen LogP contribution is -2.64. The molecule has 4 aromatic rings. The Morgan fingerprint density at radius 2 is 1.82 bits per heavy atom. The van der Waals surface area contributed by atoms with E-state index in [0.717, 1.165) is 15.8 Å². The predicted molar refractivity (Wildman–Crippen MR) is 134 cm³/mol. The van der Waals surface area contributed by atoms with Crippen molar-refractivity contribution in [3.63, 3.8) is 0 Å². The van der Waals surface area contributed by atoms with Crippen LogP contribution in [0.4, 0.5) is 10.1 Å². The van der Waals surface area contributed by atoms with Gasteiger partial charge in [0.15, 0.2) is 0 Å². The zero-order valence-corrected chi connectivity index (χ0v) is 20.2. The molecule has 1 aliphatic heterocycles. The molecule has 0 saturated carbocycles. The van der Waals surface area contributed by atoms with Crippen molar-refractivity contribution in [1.29, 1.82) is 0 Å². The minimum absolute atomic E-state index is 0.202. The topological polar surface area (TPSA) is 54.3 Å². The molecular formula is C27H26FN3O2S. The second-order valence-electron chi connectivity index (χ2n) is 9.27. The van der Waals surface area contributed by atoms with Gasteiger partial charge in [0.1, 0.15) is 21.9 Å². The van der Waals surface area contributed by atoms with Gasteiger partial charge in [-0.3, -0.25) is 14.5 Å². The molecule has 174 valence electrons. The third-order valence-corrected chi connectivity index (χ3v) is 7.51. The molecule has 5 rings (SSSR count). The predicted octanol–water partition coefficient (Wildman–Crippen LogP) is 5.70. The summed E-state index contributed by atoms with van der Waals surface area (Å²) in [6.45, 7) is 6.63. The standard InChI is InChI=1S/C27H26FN3O2S/c1-17(2)19-6-10-22(11-7-19)31-24(32)23-14-20-12-13-34-25(20)30(23)16-27(31,3)26(33)29-15-18-4-8-21(28)9-5-18/h4-14,17H,15-16H2,1-3H3,(H,29,33)/t27-/m1/s1. The molecule has 3 heterocycles. The molecule has 34 heavy (non-hydrogen) atoms. The average Bonchev–Trinajstić information content (AvgIpc) is 3.41. The maximum absolute atomic E-state index is 13.8. The van der Waals surface area contributed by atoms with Gasteiger partial charge in [-0.15, -0.1) is 11.3 Å². The van der Waals surface area contributed by atoms with Gasteiger partial charge in [0, 0.05) is 17.6 Å². The van der Waals surface area contributed by atoms with Crippen molar-refractivity contribution < 1.29 is 14.0 Å². The number of benzene rings is 2. The SMILES string of the molecule is CC(C)c1ccc(N2C(=O)c3cc4ccsc4n3C[C@]2(C)C(=O)NCc2ccc(F)cc2)cc1. The van der Waals surface area contributed by atoms with E-state index in [2.05, 4.69) is 19.2 Å². The van der Waals surface area contributed by atoms with E-state index in [-0.39, 0.29) is 24.2 Å². The highest BCUT2D eigenvalue weighted by Gasteiger charge is 2.48. The van der Waals surface area contributed by atoms with Crippen molar-refractivity contribution >= 4 is 39.1 Å². The number of nitrogens with zero attached hydrogens (tertiary/aromatic N) is 2. The quantitative estimate of drug-likeness (QED) is 0.403. The summed E-state index contributed by atoms with van der Waals surface area (Å²) in [6.07, 6.45) is 0. The number of halogens is 1. The van der Waals surface area contributed by atoms with E-state index in [4.69, 9.17) is 0 Å². The van der Waals surface area contributed by atoms with Gasteiger partial charge in [-0.05, 0) is 65.7 Å². The summed E-state index contributed by atoms with van der Waals surface area (Å²) in [5.74, 6) is -0.426. The molecular weight excluding hydrogens is 449 g/mol. The summed E-state index contributed by atoms with van der Waals surface area (Å²) in [6, 6.07) is 17.8. The van der Waals surface area contributed by atoms with Crippen LogP contribution in [-0.2, 0) is 17.9 Å². The number of aromatic nitrogens is 1. The minimum atomic E-state index is -1.15. The summed E-state index contributed by atoms with van der Waals surface area (Å²) in [4.78, 5) is 30.1. The number of nitrogens with one attached hydrogen (secondary N) is 1. The Labute approximate surface area is 201 Å². The molecule has 2 aromatic carbocycles. The van der Waals surface area contributed by atoms with Crippen molar-refractivity contribution in [2.75, 3.05) is 4.90 Å². The zero-order valence-electron chi connectivity index (χ0n) is 19.3. The first-order chi connectivity index (χ1) is 16.3. The highest BCUT2D eigenvalue weighted by Crippen LogP contribution is 2.37. The number of fused-ring (bicyclic) bond motifs is 3. The van der Waals surface area contributed by atoms with Gasteiger partial charge >= 0.3 is 0 Å². The Morgan fingerprint density at radius 3 is 2.50 bits per heavy atom. The summed E-state index contributed by atoms with van der Waals surface area (Å²) >= 11 is 1.56. The highest BCUT2D eigenvalue weighted by molar-refractivity contribution is 7.16. The van der Waals surface area contributed by atoms with Crippen molar-refractivity contribution in [3.05, 3.63) is 88.7 Å². The van der Waals surface area contributed by atoms with E-state index < -0.39 is 5.54 Å². The second kappa shape index (κ2) is 8.40. The van der Waals surface area contributed by atoms with Crippen molar-refractivity contribution in [2.24, 2.45) is 0 Å². The van der Waals surface area contributed by atoms with E-state index >= 15 is 0 Å². The van der Waals surface area contributed by atoms with Crippen molar-refractivity contribution in [2.45, 2.75) is 45.3 Å². The normalized spacial score (nSPS) is 17.9. The second-order valence-corrected chi connectivity index (χ2v) is 10.2. The molecule has 2 amide bonds. The van der Waals surface area contributed by atoms with Crippen molar-refractivity contribution in [3.8, 4) is 0 Å². The molecule has 0 bridgehead atoms. The zero-order chi connectivity index (χ0) is 24.0. The molecule has 1 aliphatic rings. The lowest BCUT2D eigenvalue weighted by atomic mass is 9.93. The number of rotatable bonds is 5. The fourth-order valence-corrected chi connectivity index (χ4v) is 5.48. The van der Waals surface area contributed by atoms with E-state index in [0.29, 0.717) is 23.8 Å². The van der Waals surface area contributed by atoms with E-state index in [1.165, 1.54) is 17.7 Å². The van der Waals surface area contributed by atoms with Crippen LogP contribution in [-0.4, -0.2) is 21.9 Å². The molecule has 0 aliphatic carbocycles. The molecule has 1 atom stereocenters. The van der Waals surface area contributed by atoms with Crippen molar-refractivity contribution in [1.82, 2.24) is 9.88 Å². The number of carbonyl (C=O) groups excluding carboxylic acids is 2. The maximum Gasteiger partial charge on any atom is 0.275 e. The lowest BCUT2D eigenvalue weighted by Gasteiger charge is -2.44. The number of amides is 2. The number of hydrogen-bond donors (Lipinski definition) is 1. The van der Waals surface area contributed by atoms with Gasteiger partial charge < -0.3 is 9.88 Å². The summed E-state index contributed by atoms with van der Waals surface area (Å²) in [7, 11) is 0. The molecule has 0 saturated heterocycles. The van der Waals surface area contributed by atoms with Gasteiger partial charge in [-0.25, -0.2) is 4.39 Å². The van der Waals surface area contributed by atoms with Crippen LogP contribution in [0.25, 0.3) is 10.2 Å². The molecule has 0 unspecified atom stereocenters. The van der Waals surface area contributed by atoms with Gasteiger partial charge in [-0.1, -0.05) is 38.1 Å². The average molecular weight is 476 g/mol. The smallest absolute Gasteiger partial charge is 0.275 e. The molecule has 5 nitrogen and oxygen atoms in total. The Balaban J connectivity index is 1.54. The molecule has 1 N–H and O–H groups in total. The summed E-state index contributed by atoms with van der Waals surface area (Å²) in [5, 5.41) is 5.97. The number of anilines is 1. The first-order valence-corrected chi connectivity index (χ1v) is 12.2. The van der Waals surface area contributed by atoms with Crippen LogP contribution >= 0.6 is 11.3 Å². The third kappa shape index (κ3) is 3.70. The van der Waals surface area contributed by atoms with Gasteiger partial charge in [0.05, 0.1) is 6.54 Å². The highest BCUT2D eigenvalue weighted by atomic mass is 32.1. The Hall–Kier alpha value is -3.45. The number of carbonyl (C=O) groups is 2. The van der Waals surface area contributed by atoms with E-state index in [1.807, 2.05) is 53.3 Å². The van der Waals surface area contributed by atoms with Crippen LogP contribution in [0.1, 0.15) is 48.3 Å². The monoisotopic (exact) mass is 475 g/mol.